The van der Waals surface area contributed by atoms with Crippen molar-refractivity contribution in [3.05, 3.63) is 54.1 Å². The molecule has 1 aromatic carbocycles. The van der Waals surface area contributed by atoms with Gasteiger partial charge < -0.3 is 0 Å². The Morgan fingerprint density at radius 1 is 1.17 bits per heavy atom. The number of aryl methyl sites for hydroxylation is 1. The zero-order valence-electron chi connectivity index (χ0n) is 9.97. The Hall–Kier alpha value is -2.23. The van der Waals surface area contributed by atoms with Crippen molar-refractivity contribution in [1.82, 2.24) is 14.6 Å². The molecule has 0 atom stereocenters. The van der Waals surface area contributed by atoms with E-state index in [2.05, 4.69) is 10.1 Å². The van der Waals surface area contributed by atoms with E-state index in [9.17, 15) is 4.39 Å². The van der Waals surface area contributed by atoms with Crippen molar-refractivity contribution in [1.29, 1.82) is 0 Å². The molecule has 4 heteroatoms. The molecule has 0 fully saturated rings. The molecule has 3 rings (SSSR count). The molecule has 90 valence electrons. The Kier molecular flexibility index (Phi) is 2.55. The second kappa shape index (κ2) is 4.22. The van der Waals surface area contributed by atoms with E-state index in [1.54, 1.807) is 28.9 Å². The summed E-state index contributed by atoms with van der Waals surface area (Å²) in [6.45, 7) is 2.04. The van der Waals surface area contributed by atoms with Gasteiger partial charge in [0.15, 0.2) is 5.65 Å². The van der Waals surface area contributed by atoms with Crippen LogP contribution >= 0.6 is 0 Å². The summed E-state index contributed by atoms with van der Waals surface area (Å²) in [5.74, 6) is -0.267. The number of hydrogen-bond acceptors (Lipinski definition) is 2. The summed E-state index contributed by atoms with van der Waals surface area (Å²) in [4.78, 5) is 4.38. The molecular weight excluding hydrogens is 229 g/mol. The molecule has 0 unspecified atom stereocenters. The van der Waals surface area contributed by atoms with Crippen LogP contribution in [0.1, 0.15) is 12.6 Å². The molecule has 0 saturated carbocycles. The maximum absolute atomic E-state index is 13.7. The van der Waals surface area contributed by atoms with Crippen LogP contribution in [0.5, 0.6) is 0 Å². The second-order valence-corrected chi connectivity index (χ2v) is 4.09. The maximum Gasteiger partial charge on any atom is 0.154 e. The minimum atomic E-state index is -0.267. The van der Waals surface area contributed by atoms with Crippen molar-refractivity contribution in [3.63, 3.8) is 0 Å². The molecule has 2 heterocycles. The minimum absolute atomic E-state index is 0.267. The normalized spacial score (nSPS) is 11.0. The number of nitrogens with zero attached hydrogens (tertiary/aromatic N) is 3. The highest BCUT2D eigenvalue weighted by molar-refractivity contribution is 5.62. The summed E-state index contributed by atoms with van der Waals surface area (Å²) in [7, 11) is 0. The molecular formula is C14H12FN3. The van der Waals surface area contributed by atoms with E-state index in [0.717, 1.165) is 17.8 Å². The van der Waals surface area contributed by atoms with Crippen molar-refractivity contribution in [3.8, 4) is 11.3 Å². The summed E-state index contributed by atoms with van der Waals surface area (Å²) in [5, 5.41) is 4.40. The molecule has 3 nitrogen and oxygen atoms in total. The van der Waals surface area contributed by atoms with E-state index >= 15 is 0 Å². The lowest BCUT2D eigenvalue weighted by molar-refractivity contribution is 0.631. The summed E-state index contributed by atoms with van der Waals surface area (Å²) in [6.07, 6.45) is 2.62. The predicted molar refractivity (Wildman–Crippen MR) is 67.8 cm³/mol. The van der Waals surface area contributed by atoms with Crippen molar-refractivity contribution >= 4 is 5.65 Å². The molecule has 0 aliphatic heterocycles. The topological polar surface area (TPSA) is 30.2 Å². The lowest BCUT2D eigenvalue weighted by atomic mass is 10.1. The van der Waals surface area contributed by atoms with Crippen LogP contribution < -0.4 is 0 Å². The third-order valence-electron chi connectivity index (χ3n) is 2.89. The number of fused-ring (bicyclic) bond motifs is 1. The van der Waals surface area contributed by atoms with E-state index in [4.69, 9.17) is 0 Å². The fourth-order valence-corrected chi connectivity index (χ4v) is 1.91. The molecule has 0 aliphatic carbocycles. The highest BCUT2D eigenvalue weighted by Gasteiger charge is 2.09. The maximum atomic E-state index is 13.7. The molecule has 0 bridgehead atoms. The van der Waals surface area contributed by atoms with Gasteiger partial charge in [0.05, 0.1) is 17.6 Å². The molecule has 0 aliphatic rings. The van der Waals surface area contributed by atoms with Crippen molar-refractivity contribution in [2.75, 3.05) is 0 Å². The molecule has 0 N–H and O–H groups in total. The number of benzene rings is 1. The van der Waals surface area contributed by atoms with Gasteiger partial charge in [0.25, 0.3) is 0 Å². The van der Waals surface area contributed by atoms with Gasteiger partial charge in [-0.3, -0.25) is 0 Å². The van der Waals surface area contributed by atoms with Crippen molar-refractivity contribution in [2.24, 2.45) is 0 Å². The number of hydrogen-bond donors (Lipinski definition) is 0. The van der Waals surface area contributed by atoms with Gasteiger partial charge >= 0.3 is 0 Å². The molecule has 0 radical (unpaired) electrons. The van der Waals surface area contributed by atoms with Crippen LogP contribution in [0.4, 0.5) is 4.39 Å². The number of imidazole rings is 1. The quantitative estimate of drug-likeness (QED) is 0.690. The smallest absolute Gasteiger partial charge is 0.154 e. The van der Waals surface area contributed by atoms with Crippen LogP contribution in [0.3, 0.4) is 0 Å². The highest BCUT2D eigenvalue weighted by atomic mass is 19.1. The van der Waals surface area contributed by atoms with Crippen LogP contribution in [-0.2, 0) is 6.42 Å². The van der Waals surface area contributed by atoms with E-state index in [-0.39, 0.29) is 5.82 Å². The van der Waals surface area contributed by atoms with Crippen LogP contribution in [0.15, 0.2) is 42.6 Å². The van der Waals surface area contributed by atoms with Gasteiger partial charge in [-0.1, -0.05) is 19.1 Å². The first-order valence-electron chi connectivity index (χ1n) is 5.88. The zero-order chi connectivity index (χ0) is 12.5. The van der Waals surface area contributed by atoms with Crippen molar-refractivity contribution < 1.29 is 4.39 Å². The average Bonchev–Trinajstić information content (AvgIpc) is 2.81. The number of halogens is 1. The third kappa shape index (κ3) is 1.76. The Labute approximate surface area is 104 Å². The SMILES string of the molecule is CCc1ccc2nc(-c3ccccc3F)cn2n1. The van der Waals surface area contributed by atoms with Gasteiger partial charge in [-0.2, -0.15) is 5.10 Å². The summed E-state index contributed by atoms with van der Waals surface area (Å²) >= 11 is 0. The first kappa shape index (κ1) is 10.9. The van der Waals surface area contributed by atoms with Crippen LogP contribution in [-0.4, -0.2) is 14.6 Å². The van der Waals surface area contributed by atoms with E-state index < -0.39 is 0 Å². The molecule has 0 amide bonds. The Morgan fingerprint density at radius 3 is 2.78 bits per heavy atom. The summed E-state index contributed by atoms with van der Waals surface area (Å²) in [6, 6.07) is 10.5. The van der Waals surface area contributed by atoms with Crippen LogP contribution in [0, 0.1) is 5.82 Å². The standard InChI is InChI=1S/C14H12FN3/c1-2-10-7-8-14-16-13(9-18(14)17-10)11-5-3-4-6-12(11)15/h3-9H,2H2,1H3. The fourth-order valence-electron chi connectivity index (χ4n) is 1.91. The average molecular weight is 241 g/mol. The van der Waals surface area contributed by atoms with Crippen LogP contribution in [0.25, 0.3) is 16.9 Å². The Morgan fingerprint density at radius 2 is 2.00 bits per heavy atom. The summed E-state index contributed by atoms with van der Waals surface area (Å²) < 4.78 is 15.4. The minimum Gasteiger partial charge on any atom is -0.227 e. The van der Waals surface area contributed by atoms with Gasteiger partial charge in [-0.25, -0.2) is 13.9 Å². The van der Waals surface area contributed by atoms with Crippen LogP contribution in [0.2, 0.25) is 0 Å². The zero-order valence-corrected chi connectivity index (χ0v) is 9.97. The largest absolute Gasteiger partial charge is 0.227 e. The number of rotatable bonds is 2. The Balaban J connectivity index is 2.17. The molecule has 3 aromatic rings. The first-order valence-corrected chi connectivity index (χ1v) is 5.88. The van der Waals surface area contributed by atoms with Gasteiger partial charge in [-0.05, 0) is 30.7 Å². The van der Waals surface area contributed by atoms with E-state index in [0.29, 0.717) is 11.3 Å². The lowest BCUT2D eigenvalue weighted by Crippen LogP contribution is -1.94. The van der Waals surface area contributed by atoms with Gasteiger partial charge in [0.2, 0.25) is 0 Å². The second-order valence-electron chi connectivity index (χ2n) is 4.09. The summed E-state index contributed by atoms with van der Waals surface area (Å²) in [5.41, 5.74) is 2.82. The fraction of sp³-hybridized carbons (Fsp3) is 0.143. The molecule has 2 aromatic heterocycles. The molecule has 0 saturated heterocycles. The monoisotopic (exact) mass is 241 g/mol. The van der Waals surface area contributed by atoms with E-state index in [1.165, 1.54) is 6.07 Å². The van der Waals surface area contributed by atoms with Gasteiger partial charge in [-0.15, -0.1) is 0 Å². The third-order valence-corrected chi connectivity index (χ3v) is 2.89. The van der Waals surface area contributed by atoms with E-state index in [1.807, 2.05) is 19.1 Å². The van der Waals surface area contributed by atoms with Gasteiger partial charge in [0.1, 0.15) is 5.82 Å². The van der Waals surface area contributed by atoms with Gasteiger partial charge in [0, 0.05) is 5.56 Å². The number of aromatic nitrogens is 3. The first-order chi connectivity index (χ1) is 8.78. The Bertz CT molecular complexity index is 703. The molecule has 0 spiro atoms. The highest BCUT2D eigenvalue weighted by Crippen LogP contribution is 2.21. The molecule has 18 heavy (non-hydrogen) atoms. The lowest BCUT2D eigenvalue weighted by Gasteiger charge is -1.96. The predicted octanol–water partition coefficient (Wildman–Crippen LogP) is 3.10. The van der Waals surface area contributed by atoms with Crippen molar-refractivity contribution in [2.45, 2.75) is 13.3 Å².